The second kappa shape index (κ2) is 3.89. The topological polar surface area (TPSA) is 60.9 Å². The molecule has 1 aliphatic rings. The summed E-state index contributed by atoms with van der Waals surface area (Å²) >= 11 is 0. The van der Waals surface area contributed by atoms with Gasteiger partial charge in [0.2, 0.25) is 0 Å². The van der Waals surface area contributed by atoms with E-state index in [2.05, 4.69) is 15.3 Å². The van der Waals surface area contributed by atoms with Gasteiger partial charge in [-0.1, -0.05) is 0 Å². The van der Waals surface area contributed by atoms with E-state index < -0.39 is 6.10 Å². The molecule has 2 rings (SSSR count). The minimum Gasteiger partial charge on any atom is -0.385 e. The van der Waals surface area contributed by atoms with Gasteiger partial charge in [0.05, 0.1) is 0 Å². The third-order valence-corrected chi connectivity index (χ3v) is 2.58. The Morgan fingerprint density at radius 3 is 3.15 bits per heavy atom. The average Bonchev–Trinajstić information content (AvgIpc) is 2.71. The van der Waals surface area contributed by atoms with Crippen LogP contribution >= 0.6 is 0 Å². The first-order valence-corrected chi connectivity index (χ1v) is 4.76. The van der Waals surface area contributed by atoms with Crippen molar-refractivity contribution < 1.29 is 5.11 Å². The third kappa shape index (κ3) is 1.89. The summed E-state index contributed by atoms with van der Waals surface area (Å²) in [4.78, 5) is 7.00. The van der Waals surface area contributed by atoms with Crippen LogP contribution in [0.3, 0.4) is 0 Å². The Morgan fingerprint density at radius 2 is 2.54 bits per heavy atom. The molecule has 2 unspecified atom stereocenters. The van der Waals surface area contributed by atoms with Gasteiger partial charge in [-0.2, -0.15) is 0 Å². The molecule has 72 valence electrons. The van der Waals surface area contributed by atoms with Gasteiger partial charge in [-0.15, -0.1) is 0 Å². The fourth-order valence-electron chi connectivity index (χ4n) is 1.81. The number of rotatable bonds is 2. The van der Waals surface area contributed by atoms with E-state index in [1.807, 2.05) is 0 Å². The van der Waals surface area contributed by atoms with Crippen LogP contribution in [0.4, 0.5) is 0 Å². The lowest BCUT2D eigenvalue weighted by molar-refractivity contribution is 0.0850. The zero-order valence-corrected chi connectivity index (χ0v) is 7.53. The van der Waals surface area contributed by atoms with Gasteiger partial charge < -0.3 is 15.4 Å². The number of aromatic amines is 1. The van der Waals surface area contributed by atoms with Crippen LogP contribution in [0, 0.1) is 5.92 Å². The van der Waals surface area contributed by atoms with E-state index in [4.69, 9.17) is 0 Å². The Bertz CT molecular complexity index is 241. The van der Waals surface area contributed by atoms with Gasteiger partial charge in [-0.25, -0.2) is 4.98 Å². The van der Waals surface area contributed by atoms with Gasteiger partial charge in [0, 0.05) is 24.9 Å². The largest absolute Gasteiger partial charge is 0.385 e. The maximum Gasteiger partial charge on any atom is 0.135 e. The Kier molecular flexibility index (Phi) is 2.61. The Hall–Kier alpha value is -0.870. The maximum atomic E-state index is 9.90. The molecule has 1 saturated heterocycles. The maximum absolute atomic E-state index is 9.90. The van der Waals surface area contributed by atoms with Crippen molar-refractivity contribution in [3.8, 4) is 0 Å². The zero-order chi connectivity index (χ0) is 9.10. The van der Waals surface area contributed by atoms with Crippen LogP contribution in [0.5, 0.6) is 0 Å². The van der Waals surface area contributed by atoms with Gasteiger partial charge in [-0.3, -0.25) is 0 Å². The number of nitrogens with one attached hydrogen (secondary N) is 2. The average molecular weight is 181 g/mol. The van der Waals surface area contributed by atoms with E-state index in [-0.39, 0.29) is 0 Å². The predicted octanol–water partition coefficient (Wildman–Crippen LogP) is 0.443. The molecule has 0 aliphatic carbocycles. The van der Waals surface area contributed by atoms with Crippen molar-refractivity contribution >= 4 is 0 Å². The second-order valence-electron chi connectivity index (χ2n) is 3.53. The molecule has 0 spiro atoms. The first-order valence-electron chi connectivity index (χ1n) is 4.76. The van der Waals surface area contributed by atoms with Gasteiger partial charge >= 0.3 is 0 Å². The summed E-state index contributed by atoms with van der Waals surface area (Å²) < 4.78 is 0. The lowest BCUT2D eigenvalue weighted by Crippen LogP contribution is -2.33. The van der Waals surface area contributed by atoms with E-state index in [0.29, 0.717) is 11.7 Å². The van der Waals surface area contributed by atoms with Crippen LogP contribution in [0.25, 0.3) is 0 Å². The fourth-order valence-corrected chi connectivity index (χ4v) is 1.81. The minimum atomic E-state index is -0.442. The van der Waals surface area contributed by atoms with E-state index in [1.54, 1.807) is 12.4 Å². The molecule has 1 aromatic heterocycles. The summed E-state index contributed by atoms with van der Waals surface area (Å²) in [6, 6.07) is 0. The van der Waals surface area contributed by atoms with E-state index in [1.165, 1.54) is 0 Å². The smallest absolute Gasteiger partial charge is 0.135 e. The summed E-state index contributed by atoms with van der Waals surface area (Å²) in [5.41, 5.74) is 0. The first-order chi connectivity index (χ1) is 6.38. The summed E-state index contributed by atoms with van der Waals surface area (Å²) in [5, 5.41) is 13.2. The number of imidazole rings is 1. The van der Waals surface area contributed by atoms with Crippen LogP contribution < -0.4 is 5.32 Å². The Labute approximate surface area is 77.4 Å². The monoisotopic (exact) mass is 181 g/mol. The predicted molar refractivity (Wildman–Crippen MR) is 49.1 cm³/mol. The van der Waals surface area contributed by atoms with Crippen LogP contribution in [0.2, 0.25) is 0 Å². The molecule has 0 amide bonds. The lowest BCUT2D eigenvalue weighted by atomic mass is 9.93. The normalized spacial score (nSPS) is 25.8. The van der Waals surface area contributed by atoms with Crippen molar-refractivity contribution in [2.75, 3.05) is 13.1 Å². The first kappa shape index (κ1) is 8.72. The second-order valence-corrected chi connectivity index (χ2v) is 3.53. The van der Waals surface area contributed by atoms with Crippen LogP contribution in [0.1, 0.15) is 24.8 Å². The Morgan fingerprint density at radius 1 is 1.62 bits per heavy atom. The molecule has 3 N–H and O–H groups in total. The van der Waals surface area contributed by atoms with Crippen LogP contribution in [-0.2, 0) is 0 Å². The highest BCUT2D eigenvalue weighted by Crippen LogP contribution is 2.24. The summed E-state index contributed by atoms with van der Waals surface area (Å²) in [7, 11) is 0. The highest BCUT2D eigenvalue weighted by Gasteiger charge is 2.24. The van der Waals surface area contributed by atoms with Crippen molar-refractivity contribution in [3.63, 3.8) is 0 Å². The molecule has 1 aliphatic heterocycles. The molecule has 13 heavy (non-hydrogen) atoms. The van der Waals surface area contributed by atoms with E-state index in [0.717, 1.165) is 25.9 Å². The quantitative estimate of drug-likeness (QED) is 0.620. The molecule has 0 saturated carbocycles. The van der Waals surface area contributed by atoms with E-state index in [9.17, 15) is 5.11 Å². The number of H-pyrrole nitrogens is 1. The van der Waals surface area contributed by atoms with Gasteiger partial charge in [-0.05, 0) is 19.4 Å². The number of hydrogen-bond acceptors (Lipinski definition) is 3. The number of hydrogen-bond donors (Lipinski definition) is 3. The standard InChI is InChI=1S/C9H15N3O/c13-8(9-11-4-5-12-9)7-2-1-3-10-6-7/h4-5,7-8,10,13H,1-3,6H2,(H,11,12). The SMILES string of the molecule is OC(c1ncc[nH]1)C1CCCNC1. The van der Waals surface area contributed by atoms with Crippen LogP contribution in [-0.4, -0.2) is 28.2 Å². The van der Waals surface area contributed by atoms with E-state index >= 15 is 0 Å². The van der Waals surface area contributed by atoms with Gasteiger partial charge in [0.15, 0.2) is 0 Å². The van der Waals surface area contributed by atoms with Gasteiger partial charge in [0.25, 0.3) is 0 Å². The molecule has 0 radical (unpaired) electrons. The molecular weight excluding hydrogens is 166 g/mol. The number of aromatic nitrogens is 2. The number of aliphatic hydroxyl groups excluding tert-OH is 1. The Balaban J connectivity index is 1.99. The molecule has 1 fully saturated rings. The number of piperidine rings is 1. The summed E-state index contributed by atoms with van der Waals surface area (Å²) in [5.74, 6) is 0.994. The molecule has 1 aromatic rings. The minimum absolute atomic E-state index is 0.305. The van der Waals surface area contributed by atoms with Crippen molar-refractivity contribution in [1.29, 1.82) is 0 Å². The zero-order valence-electron chi connectivity index (χ0n) is 7.53. The molecular formula is C9H15N3O. The molecule has 2 atom stereocenters. The molecule has 4 nitrogen and oxygen atoms in total. The highest BCUT2D eigenvalue weighted by atomic mass is 16.3. The van der Waals surface area contributed by atoms with Crippen molar-refractivity contribution in [2.45, 2.75) is 18.9 Å². The number of aliphatic hydroxyl groups is 1. The number of nitrogens with zero attached hydrogens (tertiary/aromatic N) is 1. The third-order valence-electron chi connectivity index (χ3n) is 2.58. The highest BCUT2D eigenvalue weighted by molar-refractivity contribution is 4.95. The molecule has 0 aromatic carbocycles. The summed E-state index contributed by atoms with van der Waals surface area (Å²) in [6.07, 6.45) is 5.20. The van der Waals surface area contributed by atoms with Crippen LogP contribution in [0.15, 0.2) is 12.4 Å². The van der Waals surface area contributed by atoms with Crippen molar-refractivity contribution in [1.82, 2.24) is 15.3 Å². The fraction of sp³-hybridized carbons (Fsp3) is 0.667. The van der Waals surface area contributed by atoms with Gasteiger partial charge in [0.1, 0.15) is 11.9 Å². The van der Waals surface area contributed by atoms with Crippen molar-refractivity contribution in [3.05, 3.63) is 18.2 Å². The molecule has 4 heteroatoms. The summed E-state index contributed by atoms with van der Waals surface area (Å²) in [6.45, 7) is 1.96. The lowest BCUT2D eigenvalue weighted by Gasteiger charge is -2.25. The van der Waals surface area contributed by atoms with Crippen molar-refractivity contribution in [2.24, 2.45) is 5.92 Å². The molecule has 0 bridgehead atoms. The molecule has 2 heterocycles.